The first-order valence-electron chi connectivity index (χ1n) is 37.4. The number of nitriles is 1. The average molecular weight is 1400 g/mol. The van der Waals surface area contributed by atoms with E-state index >= 15 is 0 Å². The van der Waals surface area contributed by atoms with E-state index in [4.69, 9.17) is 4.98 Å². The molecule has 6 nitrogen and oxygen atoms in total. The van der Waals surface area contributed by atoms with Gasteiger partial charge in [0, 0.05) is 61.0 Å². The van der Waals surface area contributed by atoms with Gasteiger partial charge in [-0.2, -0.15) is 5.26 Å². The molecule has 5 aromatic heterocycles. The molecule has 0 saturated carbocycles. The topological polar surface area (TPSA) is 56.4 Å². The Hall–Kier alpha value is -14.4. The summed E-state index contributed by atoms with van der Waals surface area (Å²) < 4.78 is 10.1. The van der Waals surface area contributed by atoms with E-state index in [9.17, 15) is 5.26 Å². The third-order valence-electron chi connectivity index (χ3n) is 23.7. The van der Waals surface area contributed by atoms with Crippen molar-refractivity contribution in [2.24, 2.45) is 0 Å². The SMILES string of the molecule is N#Cc1c(-n2c3ccccc3c3cc(-c4ccccc4)ccc32)c(-n2c3ccccc3c3cc(-c4ccccc4)ccc32)c(-c2cccc3c2-c2ccncc2[Si]32c3ccccc3-c3ccccc32)c(-n2c3ccccc3c3cc(-c4ccccc4)ccc32)c1-n1c2ccccc2c2cc(-c3ccccc3)ccc21. The lowest BCUT2D eigenvalue weighted by Crippen LogP contribution is -2.70. The number of aromatic nitrogens is 5. The summed E-state index contributed by atoms with van der Waals surface area (Å²) in [5.41, 5.74) is 27.4. The molecule has 504 valence electrons. The monoisotopic (exact) mass is 1400 g/mol. The second-order valence-electron chi connectivity index (χ2n) is 29.0. The summed E-state index contributed by atoms with van der Waals surface area (Å²) in [6.07, 6.45) is 4.22. The van der Waals surface area contributed by atoms with Gasteiger partial charge in [0.25, 0.3) is 0 Å². The van der Waals surface area contributed by atoms with E-state index in [-0.39, 0.29) is 0 Å². The number of para-hydroxylation sites is 4. The minimum atomic E-state index is -3.24. The maximum atomic E-state index is 13.9. The van der Waals surface area contributed by atoms with Crippen LogP contribution in [0.15, 0.2) is 376 Å². The van der Waals surface area contributed by atoms with E-state index in [1.807, 2.05) is 6.20 Å². The van der Waals surface area contributed by atoms with Crippen molar-refractivity contribution in [1.29, 1.82) is 5.26 Å². The highest BCUT2D eigenvalue weighted by atomic mass is 28.3. The van der Waals surface area contributed by atoms with Crippen LogP contribution in [0.25, 0.3) is 188 Å². The van der Waals surface area contributed by atoms with Crippen molar-refractivity contribution in [1.82, 2.24) is 23.3 Å². The predicted octanol–water partition coefficient (Wildman–Crippen LogP) is 23.0. The van der Waals surface area contributed by atoms with Crippen molar-refractivity contribution in [2.45, 2.75) is 0 Å². The zero-order valence-electron chi connectivity index (χ0n) is 59.0. The minimum Gasteiger partial charge on any atom is -0.306 e. The summed E-state index contributed by atoms with van der Waals surface area (Å²) in [7, 11) is -3.24. The molecular formula is C102H62N6Si. The number of rotatable bonds is 9. The van der Waals surface area contributed by atoms with E-state index in [2.05, 4.69) is 395 Å². The predicted molar refractivity (Wildman–Crippen MR) is 455 cm³/mol. The first-order valence-corrected chi connectivity index (χ1v) is 39.4. The molecule has 0 atom stereocenters. The van der Waals surface area contributed by atoms with E-state index in [0.29, 0.717) is 5.56 Å². The van der Waals surface area contributed by atoms with Gasteiger partial charge in [-0.1, -0.05) is 285 Å². The molecular weight excluding hydrogens is 1340 g/mol. The summed E-state index contributed by atoms with van der Waals surface area (Å²) in [5, 5.41) is 27.8. The average Bonchev–Trinajstić information content (AvgIpc) is 1.51. The molecule has 109 heavy (non-hydrogen) atoms. The summed E-state index contributed by atoms with van der Waals surface area (Å²) in [6.45, 7) is 0. The Bertz CT molecular complexity index is 7090. The summed E-state index contributed by atoms with van der Waals surface area (Å²) in [4.78, 5) is 5.19. The fourth-order valence-corrected chi connectivity index (χ4v) is 24.8. The third-order valence-corrected chi connectivity index (χ3v) is 28.6. The van der Waals surface area contributed by atoms with Crippen molar-refractivity contribution in [2.75, 3.05) is 0 Å². The first kappa shape index (κ1) is 60.9. The fraction of sp³-hybridized carbons (Fsp3) is 0. The molecule has 16 aromatic carbocycles. The highest BCUT2D eigenvalue weighted by molar-refractivity contribution is 7.24. The zero-order valence-corrected chi connectivity index (χ0v) is 60.0. The summed E-state index contributed by atoms with van der Waals surface area (Å²) in [5.74, 6) is 0. The quantitative estimate of drug-likeness (QED) is 0.135. The lowest BCUT2D eigenvalue weighted by Gasteiger charge is -2.30. The van der Waals surface area contributed by atoms with Crippen LogP contribution in [0.2, 0.25) is 0 Å². The molecule has 2 aliphatic rings. The summed E-state index contributed by atoms with van der Waals surface area (Å²) >= 11 is 0. The smallest absolute Gasteiger partial charge is 0.183 e. The van der Waals surface area contributed by atoms with E-state index in [1.165, 1.54) is 31.9 Å². The van der Waals surface area contributed by atoms with Crippen LogP contribution in [0, 0.1) is 11.3 Å². The van der Waals surface area contributed by atoms with Crippen LogP contribution in [0.5, 0.6) is 0 Å². The molecule has 0 unspecified atom stereocenters. The second kappa shape index (κ2) is 23.5. The number of benzene rings is 16. The van der Waals surface area contributed by atoms with Crippen LogP contribution in [-0.4, -0.2) is 31.3 Å². The van der Waals surface area contributed by atoms with Crippen molar-refractivity contribution < 1.29 is 0 Å². The number of nitrogens with zero attached hydrogens (tertiary/aromatic N) is 6. The standard InChI is InChI=1S/C102H62N6Si/c103-62-84-99(105-85-41-19-13-34-72(85)80-58-68(48-52-89(80)105)64-26-5-1-6-27-64)101(107-87-43-21-15-36-74(87)82-60-70(50-54-91(82)107)66-30-9-3-10-31-66)98(79-40-25-47-95-97(79)78-56-57-104-63-96(78)109(95)93-45-23-17-38-76(93)77-39-18-24-46-94(77)109)102(108-88-44-22-16-37-75(88)83-61-71(51-55-92(83)108)67-32-11-4-12-33-67)100(84)106-86-42-20-14-35-73(86)81-59-69(49-53-90(81)106)65-28-7-2-8-29-65/h1-61,63H. The first-order chi connectivity index (χ1) is 54.1. The van der Waals surface area contributed by atoms with Gasteiger partial charge < -0.3 is 18.3 Å². The molecule has 7 heteroatoms. The molecule has 1 spiro atoms. The lowest BCUT2D eigenvalue weighted by molar-refractivity contribution is 1.04. The molecule has 2 aliphatic heterocycles. The fourth-order valence-electron chi connectivity index (χ4n) is 19.3. The Morgan fingerprint density at radius 3 is 0.917 bits per heavy atom. The Labute approximate surface area is 629 Å². The van der Waals surface area contributed by atoms with Gasteiger partial charge in [-0.05, 0) is 172 Å². The van der Waals surface area contributed by atoms with Gasteiger partial charge in [0.05, 0.1) is 66.9 Å². The number of fused-ring (bicyclic) bond motifs is 22. The molecule has 21 aromatic rings. The van der Waals surface area contributed by atoms with Crippen molar-refractivity contribution in [3.63, 3.8) is 0 Å². The number of hydrogen-bond acceptors (Lipinski definition) is 2. The summed E-state index contributed by atoms with van der Waals surface area (Å²) in [6, 6.07) is 138. The largest absolute Gasteiger partial charge is 0.306 e. The number of pyridine rings is 1. The van der Waals surface area contributed by atoms with Crippen LogP contribution < -0.4 is 20.7 Å². The lowest BCUT2D eigenvalue weighted by atomic mass is 9.89. The van der Waals surface area contributed by atoms with Crippen LogP contribution in [-0.2, 0) is 0 Å². The molecule has 0 radical (unpaired) electrons. The maximum Gasteiger partial charge on any atom is 0.183 e. The van der Waals surface area contributed by atoms with Crippen LogP contribution in [0.4, 0.5) is 0 Å². The van der Waals surface area contributed by atoms with Gasteiger partial charge in [0.1, 0.15) is 11.6 Å². The van der Waals surface area contributed by atoms with Gasteiger partial charge in [-0.25, -0.2) is 0 Å². The molecule has 0 saturated heterocycles. The van der Waals surface area contributed by atoms with Crippen LogP contribution >= 0.6 is 0 Å². The van der Waals surface area contributed by atoms with Crippen molar-refractivity contribution in [3.05, 3.63) is 382 Å². The van der Waals surface area contributed by atoms with Crippen LogP contribution in [0.1, 0.15) is 5.56 Å². The highest BCUT2D eigenvalue weighted by Crippen LogP contribution is 2.55. The van der Waals surface area contributed by atoms with Gasteiger partial charge in [-0.3, -0.25) is 4.98 Å². The molecule has 23 rings (SSSR count). The van der Waals surface area contributed by atoms with Gasteiger partial charge in [0.2, 0.25) is 0 Å². The Morgan fingerprint density at radius 1 is 0.229 bits per heavy atom. The zero-order chi connectivity index (χ0) is 71.6. The molecule has 7 heterocycles. The molecule has 0 fully saturated rings. The Morgan fingerprint density at radius 2 is 0.541 bits per heavy atom. The van der Waals surface area contributed by atoms with Crippen molar-refractivity contribution in [3.8, 4) is 107 Å². The van der Waals surface area contributed by atoms with E-state index < -0.39 is 8.07 Å². The van der Waals surface area contributed by atoms with Gasteiger partial charge >= 0.3 is 0 Å². The Kier molecular flexibility index (Phi) is 13.2. The molecule has 0 amide bonds. The molecule has 0 bridgehead atoms. The van der Waals surface area contributed by atoms with E-state index in [1.54, 1.807) is 0 Å². The second-order valence-corrected chi connectivity index (χ2v) is 32.7. The Balaban J connectivity index is 1.01. The third kappa shape index (κ3) is 8.57. The maximum absolute atomic E-state index is 13.9. The van der Waals surface area contributed by atoms with Crippen molar-refractivity contribution >= 4 is 116 Å². The number of hydrogen-bond donors (Lipinski definition) is 0. The van der Waals surface area contributed by atoms with E-state index in [0.717, 1.165) is 177 Å². The molecule has 0 N–H and O–H groups in total. The van der Waals surface area contributed by atoms with Gasteiger partial charge in [-0.15, -0.1) is 0 Å². The van der Waals surface area contributed by atoms with Gasteiger partial charge in [0.15, 0.2) is 8.07 Å². The minimum absolute atomic E-state index is 0.499. The molecule has 0 aliphatic carbocycles. The van der Waals surface area contributed by atoms with Crippen LogP contribution in [0.3, 0.4) is 0 Å². The highest BCUT2D eigenvalue weighted by Gasteiger charge is 2.55. The normalized spacial score (nSPS) is 12.7.